The number of aromatic amines is 1. The fourth-order valence-electron chi connectivity index (χ4n) is 1.67. The molecule has 0 bridgehead atoms. The van der Waals surface area contributed by atoms with Crippen LogP contribution in [-0.2, 0) is 14.8 Å². The van der Waals surface area contributed by atoms with Crippen molar-refractivity contribution in [2.75, 3.05) is 24.5 Å². The second-order valence-corrected chi connectivity index (χ2v) is 6.29. The van der Waals surface area contributed by atoms with E-state index in [1.807, 2.05) is 6.92 Å². The molecule has 0 aliphatic heterocycles. The average molecular weight is 346 g/mol. The third kappa shape index (κ3) is 4.12. The molecule has 0 atom stereocenters. The number of nitrogens with zero attached hydrogens (tertiary/aromatic N) is 1. The zero-order valence-electron chi connectivity index (χ0n) is 11.9. The van der Waals surface area contributed by atoms with Crippen molar-refractivity contribution in [1.82, 2.24) is 10.2 Å². The largest absolute Gasteiger partial charge is 0.487 e. The molecule has 1 heterocycles. The van der Waals surface area contributed by atoms with Gasteiger partial charge in [-0.3, -0.25) is 9.82 Å². The molecule has 9 heteroatoms. The molecular formula is C13H16ClN3O4S. The minimum Gasteiger partial charge on any atom is -0.487 e. The van der Waals surface area contributed by atoms with Crippen LogP contribution in [0, 0.1) is 0 Å². The van der Waals surface area contributed by atoms with Crippen molar-refractivity contribution in [2.45, 2.75) is 11.8 Å². The van der Waals surface area contributed by atoms with E-state index in [2.05, 4.69) is 14.9 Å². The Kier molecular flexibility index (Phi) is 5.64. The average Bonchev–Trinajstić information content (AvgIpc) is 3.00. The van der Waals surface area contributed by atoms with Crippen LogP contribution in [0.25, 0.3) is 0 Å². The molecule has 1 aromatic carbocycles. The summed E-state index contributed by atoms with van der Waals surface area (Å²) in [6.45, 7) is 3.10. The Hall–Kier alpha value is -1.77. The minimum absolute atomic E-state index is 0.0211. The molecule has 7 nitrogen and oxygen atoms in total. The van der Waals surface area contributed by atoms with Gasteiger partial charge in [-0.05, 0) is 19.1 Å². The fraction of sp³-hybridized carbons (Fsp3) is 0.308. The van der Waals surface area contributed by atoms with Gasteiger partial charge in [-0.1, -0.05) is 17.7 Å². The summed E-state index contributed by atoms with van der Waals surface area (Å²) in [5, 5.41) is 6.38. The van der Waals surface area contributed by atoms with Crippen LogP contribution in [0.2, 0.25) is 5.02 Å². The highest BCUT2D eigenvalue weighted by Gasteiger charge is 2.19. The number of para-hydroxylation sites is 1. The predicted molar refractivity (Wildman–Crippen MR) is 82.8 cm³/mol. The lowest BCUT2D eigenvalue weighted by atomic mass is 10.3. The maximum Gasteiger partial charge on any atom is 0.265 e. The van der Waals surface area contributed by atoms with E-state index in [0.29, 0.717) is 18.2 Å². The van der Waals surface area contributed by atoms with Crippen LogP contribution >= 0.6 is 11.6 Å². The second kappa shape index (κ2) is 7.48. The Morgan fingerprint density at radius 1 is 1.36 bits per heavy atom. The first-order valence-electron chi connectivity index (χ1n) is 6.55. The highest BCUT2D eigenvalue weighted by atomic mass is 35.5. The number of sulfonamides is 1. The molecule has 0 aliphatic carbocycles. The third-order valence-corrected chi connectivity index (χ3v) is 4.30. The summed E-state index contributed by atoms with van der Waals surface area (Å²) < 4.78 is 37.6. The second-order valence-electron chi connectivity index (χ2n) is 4.20. The van der Waals surface area contributed by atoms with Gasteiger partial charge in [0.25, 0.3) is 10.0 Å². The number of benzene rings is 1. The third-order valence-electron chi connectivity index (χ3n) is 2.67. The van der Waals surface area contributed by atoms with Gasteiger partial charge in [0.2, 0.25) is 0 Å². The SMILES string of the molecule is CCOCCOc1c(Cl)cccc1NS(=O)(=O)c1cn[nH]c1. The number of ether oxygens (including phenoxy) is 2. The molecule has 1 aromatic heterocycles. The van der Waals surface area contributed by atoms with E-state index in [1.165, 1.54) is 12.4 Å². The maximum absolute atomic E-state index is 12.2. The topological polar surface area (TPSA) is 93.3 Å². The van der Waals surface area contributed by atoms with Gasteiger partial charge in [0, 0.05) is 12.8 Å². The maximum atomic E-state index is 12.2. The number of rotatable bonds is 8. The van der Waals surface area contributed by atoms with Crippen LogP contribution in [0.3, 0.4) is 0 Å². The van der Waals surface area contributed by atoms with Gasteiger partial charge in [-0.15, -0.1) is 0 Å². The van der Waals surface area contributed by atoms with E-state index in [4.69, 9.17) is 21.1 Å². The van der Waals surface area contributed by atoms with E-state index in [1.54, 1.807) is 18.2 Å². The van der Waals surface area contributed by atoms with Gasteiger partial charge in [-0.25, -0.2) is 8.42 Å². The molecule has 0 aliphatic rings. The summed E-state index contributed by atoms with van der Waals surface area (Å²) in [7, 11) is -3.76. The Labute approximate surface area is 133 Å². The number of anilines is 1. The number of hydrogen-bond acceptors (Lipinski definition) is 5. The Morgan fingerprint density at radius 2 is 2.18 bits per heavy atom. The molecular weight excluding hydrogens is 330 g/mol. The number of halogens is 1. The van der Waals surface area contributed by atoms with E-state index < -0.39 is 10.0 Å². The van der Waals surface area contributed by atoms with Crippen LogP contribution < -0.4 is 9.46 Å². The summed E-state index contributed by atoms with van der Waals surface area (Å²) in [4.78, 5) is 0.0211. The number of aromatic nitrogens is 2. The molecule has 0 amide bonds. The van der Waals surface area contributed by atoms with E-state index in [0.717, 1.165) is 0 Å². The number of nitrogens with one attached hydrogen (secondary N) is 2. The molecule has 0 fully saturated rings. The normalized spacial score (nSPS) is 11.4. The first-order chi connectivity index (χ1) is 10.5. The summed E-state index contributed by atoms with van der Waals surface area (Å²) in [6.07, 6.45) is 2.49. The van der Waals surface area contributed by atoms with Gasteiger partial charge < -0.3 is 9.47 Å². The van der Waals surface area contributed by atoms with E-state index in [-0.39, 0.29) is 22.9 Å². The molecule has 0 saturated carbocycles. The van der Waals surface area contributed by atoms with E-state index in [9.17, 15) is 8.42 Å². The summed E-state index contributed by atoms with van der Waals surface area (Å²) in [5.41, 5.74) is 0.255. The zero-order chi connectivity index (χ0) is 16.0. The van der Waals surface area contributed by atoms with Crippen molar-refractivity contribution in [3.05, 3.63) is 35.6 Å². The van der Waals surface area contributed by atoms with Crippen LogP contribution in [-0.4, -0.2) is 38.4 Å². The molecule has 0 unspecified atom stereocenters. The minimum atomic E-state index is -3.76. The number of H-pyrrole nitrogens is 1. The molecule has 0 radical (unpaired) electrons. The monoisotopic (exact) mass is 345 g/mol. The number of hydrogen-bond donors (Lipinski definition) is 2. The lowest BCUT2D eigenvalue weighted by Gasteiger charge is -2.14. The first-order valence-corrected chi connectivity index (χ1v) is 8.41. The zero-order valence-corrected chi connectivity index (χ0v) is 13.4. The molecule has 120 valence electrons. The standard InChI is InChI=1S/C13H16ClN3O4S/c1-2-20-6-7-21-13-11(14)4-3-5-12(13)17-22(18,19)10-8-15-16-9-10/h3-5,8-9,17H,2,6-7H2,1H3,(H,15,16). The lowest BCUT2D eigenvalue weighted by Crippen LogP contribution is -2.14. The van der Waals surface area contributed by atoms with Gasteiger partial charge in [0.05, 0.1) is 23.5 Å². The van der Waals surface area contributed by atoms with Crippen molar-refractivity contribution in [3.63, 3.8) is 0 Å². The summed E-state index contributed by atoms with van der Waals surface area (Å²) in [5.74, 6) is 0.260. The van der Waals surface area contributed by atoms with Crippen LogP contribution in [0.15, 0.2) is 35.5 Å². The predicted octanol–water partition coefficient (Wildman–Crippen LogP) is 2.28. The highest BCUT2D eigenvalue weighted by molar-refractivity contribution is 7.92. The summed E-state index contributed by atoms with van der Waals surface area (Å²) >= 11 is 6.08. The molecule has 2 N–H and O–H groups in total. The molecule has 2 rings (SSSR count). The van der Waals surface area contributed by atoms with Gasteiger partial charge in [0.1, 0.15) is 11.5 Å². The first kappa shape index (κ1) is 16.6. The summed E-state index contributed by atoms with van der Waals surface area (Å²) in [6, 6.07) is 4.82. The quantitative estimate of drug-likeness (QED) is 0.716. The molecule has 0 saturated heterocycles. The Bertz CT molecular complexity index is 704. The van der Waals surface area contributed by atoms with Crippen molar-refractivity contribution < 1.29 is 17.9 Å². The highest BCUT2D eigenvalue weighted by Crippen LogP contribution is 2.34. The fourth-order valence-corrected chi connectivity index (χ4v) is 2.87. The molecule has 22 heavy (non-hydrogen) atoms. The van der Waals surface area contributed by atoms with Crippen molar-refractivity contribution in [1.29, 1.82) is 0 Å². The lowest BCUT2D eigenvalue weighted by molar-refractivity contribution is 0.110. The molecule has 0 spiro atoms. The smallest absolute Gasteiger partial charge is 0.265 e. The van der Waals surface area contributed by atoms with Gasteiger partial charge in [0.15, 0.2) is 5.75 Å². The van der Waals surface area contributed by atoms with Gasteiger partial charge in [-0.2, -0.15) is 5.10 Å². The Balaban J connectivity index is 2.18. The van der Waals surface area contributed by atoms with Crippen LogP contribution in [0.1, 0.15) is 6.92 Å². The molecule has 2 aromatic rings. The van der Waals surface area contributed by atoms with Crippen molar-refractivity contribution in [2.24, 2.45) is 0 Å². The van der Waals surface area contributed by atoms with Gasteiger partial charge >= 0.3 is 0 Å². The van der Waals surface area contributed by atoms with Crippen LogP contribution in [0.5, 0.6) is 5.75 Å². The Morgan fingerprint density at radius 3 is 2.86 bits per heavy atom. The van der Waals surface area contributed by atoms with Crippen molar-refractivity contribution in [3.8, 4) is 5.75 Å². The van der Waals surface area contributed by atoms with Crippen LogP contribution in [0.4, 0.5) is 5.69 Å². The van der Waals surface area contributed by atoms with Crippen molar-refractivity contribution >= 4 is 27.3 Å². The van der Waals surface area contributed by atoms with E-state index >= 15 is 0 Å².